The Hall–Kier alpha value is -1.41. The van der Waals surface area contributed by atoms with Gasteiger partial charge in [0.15, 0.2) is 32.4 Å². The van der Waals surface area contributed by atoms with Gasteiger partial charge in [0, 0.05) is 18.6 Å². The van der Waals surface area contributed by atoms with Gasteiger partial charge in [-0.15, -0.1) is 0 Å². The number of sulfonamides is 2. The number of aromatic nitrogens is 1. The minimum absolute atomic E-state index is 0.778. The third kappa shape index (κ3) is 9.37. The monoisotopic (exact) mass is 444 g/mol. The van der Waals surface area contributed by atoms with Gasteiger partial charge in [0.1, 0.15) is 6.54 Å². The number of halogens is 6. The van der Waals surface area contributed by atoms with E-state index >= 15 is 0 Å². The number of pyridine rings is 1. The molecule has 0 atom stereocenters. The predicted molar refractivity (Wildman–Crippen MR) is 84.1 cm³/mol. The van der Waals surface area contributed by atoms with E-state index in [1.807, 2.05) is 0 Å². The van der Waals surface area contributed by atoms with Gasteiger partial charge >= 0.3 is 11.0 Å². The summed E-state index contributed by atoms with van der Waals surface area (Å²) in [5.74, 6) is 0. The van der Waals surface area contributed by atoms with Gasteiger partial charge in [0.05, 0.1) is 0 Å². The van der Waals surface area contributed by atoms with E-state index < -0.39 is 31.1 Å². The zero-order valence-corrected chi connectivity index (χ0v) is 15.7. The van der Waals surface area contributed by atoms with Gasteiger partial charge in [-0.05, 0) is 6.42 Å². The molecule has 0 saturated heterocycles. The van der Waals surface area contributed by atoms with E-state index in [2.05, 4.69) is 42.1 Å². The molecule has 0 radical (unpaired) electrons. The first-order valence-electron chi connectivity index (χ1n) is 7.45. The molecule has 0 aromatic carbocycles. The Morgan fingerprint density at radius 3 is 1.59 bits per heavy atom. The van der Waals surface area contributed by atoms with Crippen LogP contribution in [-0.4, -0.2) is 27.9 Å². The molecule has 1 aromatic heterocycles. The highest BCUT2D eigenvalue weighted by Gasteiger charge is 2.46. The van der Waals surface area contributed by atoms with Gasteiger partial charge in [-0.3, -0.25) is 0 Å². The molecule has 27 heavy (non-hydrogen) atoms. The molecular weight excluding hydrogens is 426 g/mol. The molecule has 6 nitrogen and oxygen atoms in total. The van der Waals surface area contributed by atoms with Gasteiger partial charge in [-0.1, -0.05) is 25.8 Å². The van der Waals surface area contributed by atoms with Crippen LogP contribution in [0.25, 0.3) is 4.13 Å². The van der Waals surface area contributed by atoms with Gasteiger partial charge in [0.2, 0.25) is 0 Å². The Kier molecular flexibility index (Phi) is 9.69. The lowest BCUT2D eigenvalue weighted by molar-refractivity contribution is -0.697. The highest BCUT2D eigenvalue weighted by Crippen LogP contribution is 2.36. The number of alkyl halides is 6. The van der Waals surface area contributed by atoms with Crippen molar-refractivity contribution < 1.29 is 47.7 Å². The molecule has 1 heterocycles. The average Bonchev–Trinajstić information content (AvgIpc) is 2.50. The van der Waals surface area contributed by atoms with E-state index in [1.54, 1.807) is 0 Å². The normalized spacial score (nSPS) is 13.0. The van der Waals surface area contributed by atoms with Crippen LogP contribution >= 0.6 is 0 Å². The largest absolute Gasteiger partial charge is 0.480 e. The van der Waals surface area contributed by atoms with Crippen LogP contribution in [0.4, 0.5) is 26.3 Å². The van der Waals surface area contributed by atoms with E-state index in [0.29, 0.717) is 0 Å². The summed E-state index contributed by atoms with van der Waals surface area (Å²) >= 11 is 0. The minimum atomic E-state index is -6.72. The molecule has 0 aliphatic heterocycles. The van der Waals surface area contributed by atoms with Crippen LogP contribution in [0.15, 0.2) is 30.6 Å². The van der Waals surface area contributed by atoms with Crippen molar-refractivity contribution in [3.63, 3.8) is 0 Å². The van der Waals surface area contributed by atoms with Crippen molar-refractivity contribution in [1.82, 2.24) is 0 Å². The highest BCUT2D eigenvalue weighted by molar-refractivity contribution is 8.13. The third-order valence-corrected chi connectivity index (χ3v) is 5.57. The minimum Gasteiger partial charge on any atom is -0.421 e. The summed E-state index contributed by atoms with van der Waals surface area (Å²) in [5, 5.41) is 0. The number of aryl methyl sites for hydroxylation is 1. The molecule has 0 spiro atoms. The quantitative estimate of drug-likeness (QED) is 0.365. The van der Waals surface area contributed by atoms with Crippen LogP contribution in [-0.2, 0) is 26.6 Å². The Morgan fingerprint density at radius 2 is 1.22 bits per heavy atom. The van der Waals surface area contributed by atoms with Crippen LogP contribution in [0.5, 0.6) is 0 Å². The maximum Gasteiger partial charge on any atom is 0.480 e. The Morgan fingerprint density at radius 1 is 0.778 bits per heavy atom. The van der Waals surface area contributed by atoms with Crippen molar-refractivity contribution in [2.75, 3.05) is 0 Å². The van der Waals surface area contributed by atoms with Crippen LogP contribution in [0.3, 0.4) is 0 Å². The molecule has 158 valence electrons. The molecule has 0 amide bonds. The molecule has 0 N–H and O–H groups in total. The van der Waals surface area contributed by atoms with Gasteiger partial charge in [-0.2, -0.15) is 26.3 Å². The fraction of sp³-hybridized carbons (Fsp3) is 0.615. The molecule has 0 unspecified atom stereocenters. The smallest absolute Gasteiger partial charge is 0.421 e. The maximum atomic E-state index is 11.4. The first-order chi connectivity index (χ1) is 12.1. The molecule has 0 saturated carbocycles. The summed E-state index contributed by atoms with van der Waals surface area (Å²) in [7, 11) is -13.4. The van der Waals surface area contributed by atoms with Crippen molar-refractivity contribution in [3.8, 4) is 0 Å². The first-order valence-corrected chi connectivity index (χ1v) is 10.3. The van der Waals surface area contributed by atoms with E-state index in [-0.39, 0.29) is 0 Å². The highest BCUT2D eigenvalue weighted by atomic mass is 32.3. The lowest BCUT2D eigenvalue weighted by atomic mass is 10.2. The molecule has 0 bridgehead atoms. The SMILES string of the molecule is CCCCCC[n+]1ccccc1.O=S(=O)([N-]S(=O)(=O)C(F)(F)F)C(F)(F)F. The molecule has 0 aliphatic carbocycles. The predicted octanol–water partition coefficient (Wildman–Crippen LogP) is 3.61. The molecule has 1 aromatic rings. The summed E-state index contributed by atoms with van der Waals surface area (Å²) in [6, 6.07) is 6.22. The summed E-state index contributed by atoms with van der Waals surface area (Å²) in [4.78, 5) is 0. The fourth-order valence-electron chi connectivity index (χ4n) is 1.52. The molecule has 14 heteroatoms. The second kappa shape index (κ2) is 10.2. The third-order valence-electron chi connectivity index (χ3n) is 2.83. The van der Waals surface area contributed by atoms with Gasteiger partial charge < -0.3 is 4.13 Å². The summed E-state index contributed by atoms with van der Waals surface area (Å²) in [5.41, 5.74) is -12.4. The average molecular weight is 444 g/mol. The first kappa shape index (κ1) is 25.6. The van der Waals surface area contributed by atoms with Crippen LogP contribution in [0.2, 0.25) is 0 Å². The van der Waals surface area contributed by atoms with Crippen LogP contribution < -0.4 is 4.57 Å². The summed E-state index contributed by atoms with van der Waals surface area (Å²) < 4.78 is 111. The second-order valence-electron chi connectivity index (χ2n) is 5.09. The number of unbranched alkanes of at least 4 members (excludes halogenated alkanes) is 3. The van der Waals surface area contributed by atoms with Crippen molar-refractivity contribution >= 4 is 20.0 Å². The van der Waals surface area contributed by atoms with Crippen LogP contribution in [0.1, 0.15) is 32.6 Å². The Bertz CT molecular complexity index is 720. The molecule has 1 rings (SSSR count). The number of rotatable bonds is 7. The van der Waals surface area contributed by atoms with Gasteiger partial charge in [-0.25, -0.2) is 21.4 Å². The second-order valence-corrected chi connectivity index (χ2v) is 8.51. The fourth-order valence-corrected chi connectivity index (χ4v) is 3.23. The maximum absolute atomic E-state index is 11.4. The van der Waals surface area contributed by atoms with E-state index in [1.165, 1.54) is 32.2 Å². The number of hydrogen-bond donors (Lipinski definition) is 0. The summed E-state index contributed by atoms with van der Waals surface area (Å²) in [6.45, 7) is 3.41. The van der Waals surface area contributed by atoms with E-state index in [9.17, 15) is 43.2 Å². The van der Waals surface area contributed by atoms with E-state index in [4.69, 9.17) is 0 Å². The Balaban J connectivity index is 0.000000511. The van der Waals surface area contributed by atoms with Crippen LogP contribution in [0, 0.1) is 0 Å². The molecular formula is C13H18F6N2O4S2. The van der Waals surface area contributed by atoms with Crippen molar-refractivity contribution in [2.24, 2.45) is 0 Å². The molecule has 0 aliphatic rings. The number of hydrogen-bond acceptors (Lipinski definition) is 4. The van der Waals surface area contributed by atoms with Crippen molar-refractivity contribution in [2.45, 2.75) is 50.2 Å². The zero-order valence-electron chi connectivity index (χ0n) is 14.0. The lowest BCUT2D eigenvalue weighted by Gasteiger charge is -2.22. The van der Waals surface area contributed by atoms with Crippen molar-refractivity contribution in [1.29, 1.82) is 0 Å². The molecule has 0 fully saturated rings. The lowest BCUT2D eigenvalue weighted by Crippen LogP contribution is -2.32. The zero-order chi connectivity index (χ0) is 21.4. The summed E-state index contributed by atoms with van der Waals surface area (Å²) in [6.07, 6.45) is 9.62. The van der Waals surface area contributed by atoms with E-state index in [0.717, 1.165) is 4.13 Å². The van der Waals surface area contributed by atoms with Crippen molar-refractivity contribution in [3.05, 3.63) is 34.7 Å². The number of nitrogens with zero attached hydrogens (tertiary/aromatic N) is 2. The Labute approximate surface area is 153 Å². The van der Waals surface area contributed by atoms with Gasteiger partial charge in [0.25, 0.3) is 0 Å². The topological polar surface area (TPSA) is 86.3 Å². The standard InChI is InChI=1S/C11H18N.C2F6NO4S2/c1-2-3-4-6-9-12-10-7-5-8-11-12;3-1(4,5)14(10,11)9-15(12,13)2(6,7)8/h5,7-8,10-11H,2-4,6,9H2,1H3;/q+1;-1.